The molecule has 1 unspecified atom stereocenters. The Balaban J connectivity index is 1.81. The zero-order chi connectivity index (χ0) is 14.8. The zero-order valence-corrected chi connectivity index (χ0v) is 12.0. The van der Waals surface area contributed by atoms with E-state index in [1.54, 1.807) is 6.20 Å². The Morgan fingerprint density at radius 1 is 1.38 bits per heavy atom. The van der Waals surface area contributed by atoms with Crippen LogP contribution in [0, 0.1) is 0 Å². The summed E-state index contributed by atoms with van der Waals surface area (Å²) in [6.45, 7) is 1.63. The summed E-state index contributed by atoms with van der Waals surface area (Å²) in [6.07, 6.45) is 3.63. The maximum atomic E-state index is 9.22. The Morgan fingerprint density at radius 2 is 2.24 bits per heavy atom. The lowest BCUT2D eigenvalue weighted by molar-refractivity contribution is 0.266. The van der Waals surface area contributed by atoms with E-state index < -0.39 is 0 Å². The van der Waals surface area contributed by atoms with Gasteiger partial charge < -0.3 is 20.3 Å². The van der Waals surface area contributed by atoms with Crippen molar-refractivity contribution in [1.29, 1.82) is 0 Å². The molecule has 3 rings (SSSR count). The van der Waals surface area contributed by atoms with Gasteiger partial charge in [-0.3, -0.25) is 0 Å². The molecule has 0 amide bonds. The minimum Gasteiger partial charge on any atom is -0.397 e. The first-order chi connectivity index (χ1) is 10.2. The van der Waals surface area contributed by atoms with E-state index in [2.05, 4.69) is 25.3 Å². The maximum absolute atomic E-state index is 9.22. The van der Waals surface area contributed by atoms with Gasteiger partial charge in [0.2, 0.25) is 0 Å². The van der Waals surface area contributed by atoms with Gasteiger partial charge in [-0.1, -0.05) is 0 Å². The van der Waals surface area contributed by atoms with Crippen molar-refractivity contribution in [3.63, 3.8) is 0 Å². The van der Waals surface area contributed by atoms with Gasteiger partial charge in [0.25, 0.3) is 0 Å². The predicted molar refractivity (Wildman–Crippen MR) is 77.6 cm³/mol. The van der Waals surface area contributed by atoms with Crippen LogP contribution in [-0.2, 0) is 13.7 Å². The summed E-state index contributed by atoms with van der Waals surface area (Å²) in [4.78, 5) is 2.17. The Hall–Kier alpha value is -2.22. The number of hydrogen-bond acceptors (Lipinski definition) is 7. The van der Waals surface area contributed by atoms with Crippen LogP contribution in [0.2, 0.25) is 0 Å². The molecule has 0 aliphatic carbocycles. The van der Waals surface area contributed by atoms with E-state index in [1.807, 2.05) is 17.7 Å². The van der Waals surface area contributed by atoms with Crippen molar-refractivity contribution in [2.45, 2.75) is 25.4 Å². The average molecular weight is 289 g/mol. The van der Waals surface area contributed by atoms with E-state index in [-0.39, 0.29) is 12.5 Å². The van der Waals surface area contributed by atoms with Crippen molar-refractivity contribution in [2.24, 2.45) is 7.05 Å². The van der Waals surface area contributed by atoms with Gasteiger partial charge in [-0.05, 0) is 12.8 Å². The first kappa shape index (κ1) is 13.7. The van der Waals surface area contributed by atoms with Crippen molar-refractivity contribution in [3.8, 4) is 0 Å². The molecule has 112 valence electrons. The number of nitrogens with zero attached hydrogens (tertiary/aromatic N) is 6. The summed E-state index contributed by atoms with van der Waals surface area (Å²) in [5.41, 5.74) is 6.39. The number of aromatic nitrogens is 5. The highest BCUT2D eigenvalue weighted by Crippen LogP contribution is 2.28. The molecule has 0 bridgehead atoms. The quantitative estimate of drug-likeness (QED) is 0.823. The van der Waals surface area contributed by atoms with E-state index in [1.165, 1.54) is 0 Å². The van der Waals surface area contributed by atoms with Crippen LogP contribution >= 0.6 is 0 Å². The molecule has 1 aliphatic heterocycles. The van der Waals surface area contributed by atoms with Crippen LogP contribution in [-0.4, -0.2) is 43.2 Å². The lowest BCUT2D eigenvalue weighted by atomic mass is 9.97. The third-order valence-electron chi connectivity index (χ3n) is 3.91. The second-order valence-electron chi connectivity index (χ2n) is 5.32. The number of hydrogen-bond donors (Lipinski definition) is 2. The van der Waals surface area contributed by atoms with Crippen molar-refractivity contribution in [3.05, 3.63) is 23.9 Å². The van der Waals surface area contributed by atoms with Gasteiger partial charge in [-0.2, -0.15) is 5.10 Å². The fraction of sp³-hybridized carbons (Fsp3) is 0.538. The van der Waals surface area contributed by atoms with Crippen LogP contribution in [0.4, 0.5) is 11.5 Å². The molecule has 2 aromatic rings. The van der Waals surface area contributed by atoms with E-state index in [0.29, 0.717) is 11.5 Å². The molecule has 8 heteroatoms. The fourth-order valence-electron chi connectivity index (χ4n) is 2.79. The summed E-state index contributed by atoms with van der Waals surface area (Å²) in [5.74, 6) is 2.55. The number of aliphatic hydroxyl groups is 1. The number of rotatable bonds is 3. The third-order valence-corrected chi connectivity index (χ3v) is 3.91. The highest BCUT2D eigenvalue weighted by Gasteiger charge is 2.26. The molecule has 1 atom stereocenters. The standard InChI is InChI=1S/C13H19N7O/c1-19-12(8-21)17-18-13(19)9-3-2-4-20(7-9)11-5-10(14)6-15-16-11/h5-6,9,21H,2-4,7-8H2,1H3,(H2,14,16). The predicted octanol–water partition coefficient (Wildman–Crippen LogP) is 0.0636. The van der Waals surface area contributed by atoms with Crippen LogP contribution in [0.5, 0.6) is 0 Å². The molecule has 0 spiro atoms. The summed E-state index contributed by atoms with van der Waals surface area (Å²) >= 11 is 0. The molecule has 8 nitrogen and oxygen atoms in total. The van der Waals surface area contributed by atoms with Gasteiger partial charge in [0.05, 0.1) is 11.9 Å². The summed E-state index contributed by atoms with van der Waals surface area (Å²) < 4.78 is 1.87. The monoisotopic (exact) mass is 289 g/mol. The van der Waals surface area contributed by atoms with E-state index in [9.17, 15) is 5.11 Å². The maximum Gasteiger partial charge on any atom is 0.158 e. The summed E-state index contributed by atoms with van der Waals surface area (Å²) in [7, 11) is 1.89. The van der Waals surface area contributed by atoms with Crippen LogP contribution in [0.25, 0.3) is 0 Å². The van der Waals surface area contributed by atoms with Crippen molar-refractivity contribution in [2.75, 3.05) is 23.7 Å². The average Bonchev–Trinajstić information content (AvgIpc) is 2.88. The highest BCUT2D eigenvalue weighted by atomic mass is 16.3. The molecule has 3 N–H and O–H groups in total. The van der Waals surface area contributed by atoms with E-state index in [0.717, 1.165) is 37.6 Å². The van der Waals surface area contributed by atoms with Crippen LogP contribution in [0.15, 0.2) is 12.3 Å². The smallest absolute Gasteiger partial charge is 0.158 e. The second-order valence-corrected chi connectivity index (χ2v) is 5.32. The van der Waals surface area contributed by atoms with Gasteiger partial charge in [-0.15, -0.1) is 15.3 Å². The van der Waals surface area contributed by atoms with Gasteiger partial charge in [0.1, 0.15) is 12.4 Å². The van der Waals surface area contributed by atoms with Crippen LogP contribution < -0.4 is 10.6 Å². The van der Waals surface area contributed by atoms with Crippen molar-refractivity contribution < 1.29 is 5.11 Å². The molecule has 21 heavy (non-hydrogen) atoms. The van der Waals surface area contributed by atoms with E-state index in [4.69, 9.17) is 5.73 Å². The minimum atomic E-state index is -0.0966. The van der Waals surface area contributed by atoms with Crippen molar-refractivity contribution >= 4 is 11.5 Å². The Labute approximate surface area is 122 Å². The largest absolute Gasteiger partial charge is 0.397 e. The van der Waals surface area contributed by atoms with Crippen molar-refractivity contribution in [1.82, 2.24) is 25.0 Å². The first-order valence-electron chi connectivity index (χ1n) is 7.01. The van der Waals surface area contributed by atoms with Gasteiger partial charge in [0, 0.05) is 32.1 Å². The zero-order valence-electron chi connectivity index (χ0n) is 12.0. The summed E-state index contributed by atoms with van der Waals surface area (Å²) in [6, 6.07) is 1.84. The molecule has 2 aromatic heterocycles. The number of nitrogen functional groups attached to an aromatic ring is 1. The molecule has 1 aliphatic rings. The van der Waals surface area contributed by atoms with Crippen LogP contribution in [0.3, 0.4) is 0 Å². The normalized spacial score (nSPS) is 19.0. The molecule has 0 radical (unpaired) electrons. The lowest BCUT2D eigenvalue weighted by Crippen LogP contribution is -2.36. The molecule has 0 saturated carbocycles. The molecular weight excluding hydrogens is 270 g/mol. The number of nitrogens with two attached hydrogens (primary N) is 1. The number of piperidine rings is 1. The minimum absolute atomic E-state index is 0.0966. The fourth-order valence-corrected chi connectivity index (χ4v) is 2.79. The third kappa shape index (κ3) is 2.66. The Kier molecular flexibility index (Phi) is 3.70. The van der Waals surface area contributed by atoms with Crippen LogP contribution in [0.1, 0.15) is 30.4 Å². The molecule has 0 aromatic carbocycles. The second kappa shape index (κ2) is 5.65. The SMILES string of the molecule is Cn1c(CO)nnc1C1CCCN(c2cc(N)cnn2)C1. The molecular formula is C13H19N7O. The topological polar surface area (TPSA) is 106 Å². The van der Waals surface area contributed by atoms with Gasteiger partial charge in [-0.25, -0.2) is 0 Å². The Morgan fingerprint density at radius 3 is 2.95 bits per heavy atom. The number of anilines is 2. The van der Waals surface area contributed by atoms with E-state index >= 15 is 0 Å². The lowest BCUT2D eigenvalue weighted by Gasteiger charge is -2.32. The van der Waals surface area contributed by atoms with Gasteiger partial charge in [0.15, 0.2) is 11.6 Å². The summed E-state index contributed by atoms with van der Waals surface area (Å²) in [5, 5.41) is 25.5. The Bertz CT molecular complexity index is 627. The van der Waals surface area contributed by atoms with Gasteiger partial charge >= 0.3 is 0 Å². The highest BCUT2D eigenvalue weighted by molar-refractivity contribution is 5.48. The number of aliphatic hydroxyl groups excluding tert-OH is 1. The molecule has 3 heterocycles. The molecule has 1 saturated heterocycles. The first-order valence-corrected chi connectivity index (χ1v) is 7.01. The molecule has 1 fully saturated rings.